The fourth-order valence-electron chi connectivity index (χ4n) is 3.17. The summed E-state index contributed by atoms with van der Waals surface area (Å²) in [6.07, 6.45) is 1.54. The standard InChI is InChI=1S/C25H27N3O5/c1-17(16-30-3)33-21-14-18(9-10-19-7-6-8-22(31-4)24(19)32-5)13-20(15-21)25(29)26-23-11-12-28(2)27-23/h6-8,11-15,17H,16H2,1-5H3,(H,26,27,29)/t17-/m0/s1. The van der Waals surface area contributed by atoms with E-state index in [1.54, 1.807) is 69.6 Å². The van der Waals surface area contributed by atoms with Crippen LogP contribution < -0.4 is 19.5 Å². The zero-order valence-corrected chi connectivity index (χ0v) is 19.3. The summed E-state index contributed by atoms with van der Waals surface area (Å²) in [7, 11) is 6.52. The van der Waals surface area contributed by atoms with Gasteiger partial charge in [-0.25, -0.2) is 0 Å². The first kappa shape index (κ1) is 23.7. The maximum absolute atomic E-state index is 12.9. The van der Waals surface area contributed by atoms with E-state index in [9.17, 15) is 4.79 Å². The SMILES string of the molecule is COC[C@H](C)Oc1cc(C#Cc2cccc(OC)c2OC)cc(C(=O)Nc2ccn(C)n2)c1. The lowest BCUT2D eigenvalue weighted by molar-refractivity contribution is 0.0917. The summed E-state index contributed by atoms with van der Waals surface area (Å²) in [6, 6.07) is 12.3. The Morgan fingerprint density at radius 3 is 2.61 bits per heavy atom. The molecule has 1 N–H and O–H groups in total. The van der Waals surface area contributed by atoms with E-state index < -0.39 is 0 Å². The summed E-state index contributed by atoms with van der Waals surface area (Å²) in [6.45, 7) is 2.29. The van der Waals surface area contributed by atoms with Crippen LogP contribution in [-0.4, -0.2) is 49.7 Å². The molecule has 0 saturated heterocycles. The predicted molar refractivity (Wildman–Crippen MR) is 125 cm³/mol. The fourth-order valence-corrected chi connectivity index (χ4v) is 3.17. The van der Waals surface area contributed by atoms with Crippen molar-refractivity contribution >= 4 is 11.7 Å². The highest BCUT2D eigenvalue weighted by atomic mass is 16.5. The Hall–Kier alpha value is -3.96. The van der Waals surface area contributed by atoms with E-state index in [4.69, 9.17) is 18.9 Å². The first-order valence-electron chi connectivity index (χ1n) is 10.3. The molecule has 3 rings (SSSR count). The number of rotatable bonds is 8. The van der Waals surface area contributed by atoms with E-state index in [1.807, 2.05) is 19.1 Å². The minimum atomic E-state index is -0.319. The topological polar surface area (TPSA) is 83.8 Å². The molecule has 0 aliphatic rings. The lowest BCUT2D eigenvalue weighted by Crippen LogP contribution is -2.19. The van der Waals surface area contributed by atoms with E-state index in [2.05, 4.69) is 22.3 Å². The Morgan fingerprint density at radius 2 is 1.94 bits per heavy atom. The first-order chi connectivity index (χ1) is 15.9. The molecule has 1 atom stereocenters. The van der Waals surface area contributed by atoms with Crippen LogP contribution in [0.5, 0.6) is 17.2 Å². The quantitative estimate of drug-likeness (QED) is 0.530. The first-order valence-corrected chi connectivity index (χ1v) is 10.3. The van der Waals surface area contributed by atoms with Crippen molar-refractivity contribution in [3.8, 4) is 29.1 Å². The Balaban J connectivity index is 1.96. The molecule has 1 aromatic heterocycles. The maximum Gasteiger partial charge on any atom is 0.257 e. The number of aryl methyl sites for hydroxylation is 1. The van der Waals surface area contributed by atoms with Gasteiger partial charge in [0.05, 0.1) is 26.4 Å². The zero-order chi connectivity index (χ0) is 23.8. The number of aromatic nitrogens is 2. The van der Waals surface area contributed by atoms with E-state index in [0.717, 1.165) is 0 Å². The Bertz CT molecular complexity index is 1180. The van der Waals surface area contributed by atoms with Crippen LogP contribution in [0.1, 0.15) is 28.4 Å². The minimum absolute atomic E-state index is 0.205. The summed E-state index contributed by atoms with van der Waals surface area (Å²) in [4.78, 5) is 12.9. The highest BCUT2D eigenvalue weighted by Gasteiger charge is 2.13. The van der Waals surface area contributed by atoms with E-state index in [1.165, 1.54) is 0 Å². The third-order valence-corrected chi connectivity index (χ3v) is 4.61. The number of carbonyl (C=O) groups is 1. The largest absolute Gasteiger partial charge is 0.493 e. The van der Waals surface area contributed by atoms with Gasteiger partial charge < -0.3 is 24.3 Å². The Labute approximate surface area is 193 Å². The van der Waals surface area contributed by atoms with Gasteiger partial charge >= 0.3 is 0 Å². The second kappa shape index (κ2) is 11.1. The number of carbonyl (C=O) groups excluding carboxylic acids is 1. The second-order valence-electron chi connectivity index (χ2n) is 7.25. The lowest BCUT2D eigenvalue weighted by atomic mass is 10.1. The molecule has 8 nitrogen and oxygen atoms in total. The van der Waals surface area contributed by atoms with Gasteiger partial charge in [0, 0.05) is 37.5 Å². The lowest BCUT2D eigenvalue weighted by Gasteiger charge is -2.15. The molecule has 0 aliphatic carbocycles. The number of methoxy groups -OCH3 is 3. The molecule has 0 fully saturated rings. The number of para-hydroxylation sites is 1. The van der Waals surface area contributed by atoms with Crippen molar-refractivity contribution in [2.45, 2.75) is 13.0 Å². The number of nitrogens with one attached hydrogen (secondary N) is 1. The number of hydrogen-bond donors (Lipinski definition) is 1. The predicted octanol–water partition coefficient (Wildman–Crippen LogP) is 3.50. The van der Waals surface area contributed by atoms with Gasteiger partial charge in [-0.1, -0.05) is 17.9 Å². The zero-order valence-electron chi connectivity index (χ0n) is 19.3. The average Bonchev–Trinajstić information content (AvgIpc) is 3.21. The normalized spacial score (nSPS) is 11.2. The molecule has 1 amide bonds. The Kier molecular flexibility index (Phi) is 7.95. The van der Waals surface area contributed by atoms with Gasteiger partial charge in [0.15, 0.2) is 17.3 Å². The van der Waals surface area contributed by atoms with Crippen LogP contribution in [0.15, 0.2) is 48.7 Å². The third kappa shape index (κ3) is 6.28. The molecule has 0 unspecified atom stereocenters. The maximum atomic E-state index is 12.9. The smallest absolute Gasteiger partial charge is 0.257 e. The van der Waals surface area contributed by atoms with Crippen LogP contribution in [0.25, 0.3) is 0 Å². The summed E-state index contributed by atoms with van der Waals surface area (Å²) in [5.74, 6) is 7.97. The highest BCUT2D eigenvalue weighted by Crippen LogP contribution is 2.30. The molecule has 0 aliphatic heterocycles. The van der Waals surface area contributed by atoms with Gasteiger partial charge in [0.25, 0.3) is 5.91 Å². The molecular weight excluding hydrogens is 422 g/mol. The molecule has 1 heterocycles. The van der Waals surface area contributed by atoms with Gasteiger partial charge in [-0.2, -0.15) is 5.10 Å². The molecule has 33 heavy (non-hydrogen) atoms. The van der Waals surface area contributed by atoms with Crippen LogP contribution in [0, 0.1) is 11.8 Å². The summed E-state index contributed by atoms with van der Waals surface area (Å²) < 4.78 is 23.5. The monoisotopic (exact) mass is 449 g/mol. The second-order valence-corrected chi connectivity index (χ2v) is 7.25. The van der Waals surface area contributed by atoms with Crippen molar-refractivity contribution in [3.63, 3.8) is 0 Å². The minimum Gasteiger partial charge on any atom is -0.493 e. The van der Waals surface area contributed by atoms with E-state index >= 15 is 0 Å². The van der Waals surface area contributed by atoms with Crippen molar-refractivity contribution in [2.75, 3.05) is 33.3 Å². The summed E-state index contributed by atoms with van der Waals surface area (Å²) in [5.41, 5.74) is 1.66. The molecule has 0 radical (unpaired) electrons. The van der Waals surface area contributed by atoms with Gasteiger partial charge in [0.2, 0.25) is 0 Å². The van der Waals surface area contributed by atoms with Gasteiger partial charge in [0.1, 0.15) is 11.9 Å². The molecule has 8 heteroatoms. The van der Waals surface area contributed by atoms with Crippen LogP contribution in [0.2, 0.25) is 0 Å². The molecule has 2 aromatic carbocycles. The van der Waals surface area contributed by atoms with Crippen LogP contribution in [0.4, 0.5) is 5.82 Å². The van der Waals surface area contributed by atoms with Crippen LogP contribution in [-0.2, 0) is 11.8 Å². The number of nitrogens with zero attached hydrogens (tertiary/aromatic N) is 2. The number of ether oxygens (including phenoxy) is 4. The number of benzene rings is 2. The van der Waals surface area contributed by atoms with Crippen molar-refractivity contribution in [3.05, 3.63) is 65.4 Å². The average molecular weight is 450 g/mol. The van der Waals surface area contributed by atoms with Crippen LogP contribution in [0.3, 0.4) is 0 Å². The number of amides is 1. The molecule has 0 spiro atoms. The van der Waals surface area contributed by atoms with E-state index in [0.29, 0.717) is 46.4 Å². The molecule has 0 saturated carbocycles. The van der Waals surface area contributed by atoms with Gasteiger partial charge in [-0.05, 0) is 37.3 Å². The van der Waals surface area contributed by atoms with Crippen molar-refractivity contribution in [1.82, 2.24) is 9.78 Å². The van der Waals surface area contributed by atoms with Gasteiger partial charge in [-0.15, -0.1) is 0 Å². The molecule has 172 valence electrons. The Morgan fingerprint density at radius 1 is 1.12 bits per heavy atom. The summed E-state index contributed by atoms with van der Waals surface area (Å²) in [5, 5.41) is 6.97. The van der Waals surface area contributed by atoms with Crippen LogP contribution >= 0.6 is 0 Å². The third-order valence-electron chi connectivity index (χ3n) is 4.61. The number of hydrogen-bond acceptors (Lipinski definition) is 6. The summed E-state index contributed by atoms with van der Waals surface area (Å²) >= 11 is 0. The van der Waals surface area contributed by atoms with Crippen molar-refractivity contribution < 1.29 is 23.7 Å². The van der Waals surface area contributed by atoms with Gasteiger partial charge in [-0.3, -0.25) is 9.48 Å². The molecule has 3 aromatic rings. The van der Waals surface area contributed by atoms with Crippen molar-refractivity contribution in [1.29, 1.82) is 0 Å². The highest BCUT2D eigenvalue weighted by molar-refractivity contribution is 6.04. The molecular formula is C25H27N3O5. The van der Waals surface area contributed by atoms with E-state index in [-0.39, 0.29) is 12.0 Å². The number of anilines is 1. The van der Waals surface area contributed by atoms with Crippen molar-refractivity contribution in [2.24, 2.45) is 7.05 Å². The molecule has 0 bridgehead atoms. The fraction of sp³-hybridized carbons (Fsp3) is 0.280.